The molecule has 0 radical (unpaired) electrons. The summed E-state index contributed by atoms with van der Waals surface area (Å²) in [5.74, 6) is 0.182. The summed E-state index contributed by atoms with van der Waals surface area (Å²) in [6, 6.07) is 14.4. The molecule has 0 unspecified atom stereocenters. The van der Waals surface area contributed by atoms with Crippen LogP contribution in [0.4, 0.5) is 0 Å². The van der Waals surface area contributed by atoms with Crippen LogP contribution >= 0.6 is 0 Å². The molecule has 2 aromatic rings. The summed E-state index contributed by atoms with van der Waals surface area (Å²) in [6.07, 6.45) is 8.48. The molecule has 3 aliphatic rings. The second-order valence-corrected chi connectivity index (χ2v) is 8.67. The van der Waals surface area contributed by atoms with Gasteiger partial charge in [0.2, 0.25) is 5.91 Å². The number of fused-ring (bicyclic) bond motifs is 2. The summed E-state index contributed by atoms with van der Waals surface area (Å²) in [4.78, 5) is 31.8. The van der Waals surface area contributed by atoms with Gasteiger partial charge in [0.05, 0.1) is 5.41 Å². The fourth-order valence-electron chi connectivity index (χ4n) is 5.45. The zero-order chi connectivity index (χ0) is 19.1. The number of nitrogens with one attached hydrogen (secondary N) is 2. The van der Waals surface area contributed by atoms with Crippen LogP contribution < -0.4 is 5.32 Å². The molecule has 2 aliphatic heterocycles. The van der Waals surface area contributed by atoms with Gasteiger partial charge in [0, 0.05) is 24.3 Å². The van der Waals surface area contributed by atoms with Gasteiger partial charge in [-0.1, -0.05) is 30.3 Å². The number of amides is 2. The summed E-state index contributed by atoms with van der Waals surface area (Å²) < 4.78 is 0. The van der Waals surface area contributed by atoms with Gasteiger partial charge in [-0.3, -0.25) is 9.59 Å². The van der Waals surface area contributed by atoms with E-state index in [1.165, 1.54) is 12.0 Å². The van der Waals surface area contributed by atoms with Crippen molar-refractivity contribution in [3.05, 3.63) is 59.9 Å². The molecule has 1 aromatic heterocycles. The second kappa shape index (κ2) is 6.80. The lowest BCUT2D eigenvalue weighted by Gasteiger charge is -2.39. The molecule has 5 rings (SSSR count). The van der Waals surface area contributed by atoms with E-state index in [-0.39, 0.29) is 23.9 Å². The average Bonchev–Trinajstić information content (AvgIpc) is 3.40. The third-order valence-corrected chi connectivity index (χ3v) is 7.06. The number of carbonyl (C=O) groups excluding carboxylic acids is 2. The van der Waals surface area contributed by atoms with Crippen LogP contribution in [0.5, 0.6) is 0 Å². The van der Waals surface area contributed by atoms with Crippen LogP contribution in [-0.2, 0) is 11.2 Å². The maximum atomic E-state index is 13.6. The molecule has 2 bridgehead atoms. The Labute approximate surface area is 165 Å². The fourth-order valence-corrected chi connectivity index (χ4v) is 5.45. The highest BCUT2D eigenvalue weighted by molar-refractivity contribution is 5.95. The van der Waals surface area contributed by atoms with Crippen molar-refractivity contribution in [3.8, 4) is 0 Å². The largest absolute Gasteiger partial charge is 0.357 e. The van der Waals surface area contributed by atoms with Gasteiger partial charge in [0.15, 0.2) is 0 Å². The van der Waals surface area contributed by atoms with Gasteiger partial charge in [-0.15, -0.1) is 0 Å². The van der Waals surface area contributed by atoms with E-state index in [9.17, 15) is 9.59 Å². The van der Waals surface area contributed by atoms with Crippen molar-refractivity contribution in [1.82, 2.24) is 15.2 Å². The van der Waals surface area contributed by atoms with E-state index in [1.807, 2.05) is 35.2 Å². The standard InChI is InChI=1S/C23H27N3O2/c27-21(19-10-5-13-24-19)26-18-11-12-20(26)23(15-18,14-16-6-2-1-3-7-16)22(28)25-17-8-4-9-17/h1-3,5-7,10,13,17-18,20,24H,4,8-9,11-12,14-15H2,(H,25,28)/t18-,20+,23+/m0/s1. The molecular weight excluding hydrogens is 350 g/mol. The van der Waals surface area contributed by atoms with Crippen LogP contribution in [-0.4, -0.2) is 39.8 Å². The average molecular weight is 377 g/mol. The number of rotatable bonds is 5. The minimum absolute atomic E-state index is 0.0314. The number of hydrogen-bond donors (Lipinski definition) is 2. The normalized spacial score (nSPS) is 28.9. The lowest BCUT2D eigenvalue weighted by molar-refractivity contribution is -0.134. The summed E-state index contributed by atoms with van der Waals surface area (Å²) in [5, 5.41) is 3.31. The van der Waals surface area contributed by atoms with Crippen LogP contribution in [0.15, 0.2) is 48.7 Å². The summed E-state index contributed by atoms with van der Waals surface area (Å²) in [5.41, 5.74) is 1.26. The Balaban J connectivity index is 1.48. The lowest BCUT2D eigenvalue weighted by atomic mass is 9.69. The molecule has 3 heterocycles. The van der Waals surface area contributed by atoms with E-state index < -0.39 is 5.41 Å². The summed E-state index contributed by atoms with van der Waals surface area (Å²) in [6.45, 7) is 0. The summed E-state index contributed by atoms with van der Waals surface area (Å²) in [7, 11) is 0. The van der Waals surface area contributed by atoms with E-state index >= 15 is 0 Å². The first kappa shape index (κ1) is 17.5. The van der Waals surface area contributed by atoms with Gasteiger partial charge in [0.1, 0.15) is 5.69 Å². The Bertz CT molecular complexity index is 859. The number of carbonyl (C=O) groups is 2. The number of aromatic nitrogens is 1. The minimum Gasteiger partial charge on any atom is -0.357 e. The fraction of sp³-hybridized carbons (Fsp3) is 0.478. The van der Waals surface area contributed by atoms with Crippen molar-refractivity contribution in [3.63, 3.8) is 0 Å². The molecule has 3 atom stereocenters. The molecule has 5 heteroatoms. The van der Waals surface area contributed by atoms with Crippen LogP contribution in [0.2, 0.25) is 0 Å². The highest BCUT2D eigenvalue weighted by atomic mass is 16.2. The monoisotopic (exact) mass is 377 g/mol. The van der Waals surface area contributed by atoms with E-state index in [2.05, 4.69) is 22.4 Å². The Morgan fingerprint density at radius 3 is 2.57 bits per heavy atom. The molecule has 2 N–H and O–H groups in total. The highest BCUT2D eigenvalue weighted by Crippen LogP contribution is 2.52. The SMILES string of the molecule is O=C(c1ccc[nH]1)N1[C@H]2CC[C@@H]1[C@](Cc1ccccc1)(C(=O)NC1CCC1)C2. The zero-order valence-corrected chi connectivity index (χ0v) is 16.1. The Morgan fingerprint density at radius 2 is 1.89 bits per heavy atom. The minimum atomic E-state index is -0.526. The molecule has 28 heavy (non-hydrogen) atoms. The lowest BCUT2D eigenvalue weighted by Crippen LogP contribution is -2.54. The molecule has 2 saturated heterocycles. The van der Waals surface area contributed by atoms with Crippen molar-refractivity contribution in [1.29, 1.82) is 0 Å². The van der Waals surface area contributed by atoms with Crippen molar-refractivity contribution in [2.45, 2.75) is 63.1 Å². The maximum absolute atomic E-state index is 13.6. The van der Waals surface area contributed by atoms with Crippen LogP contribution in [0, 0.1) is 5.41 Å². The summed E-state index contributed by atoms with van der Waals surface area (Å²) >= 11 is 0. The highest BCUT2D eigenvalue weighted by Gasteiger charge is 2.61. The van der Waals surface area contributed by atoms with Gasteiger partial charge >= 0.3 is 0 Å². The molecule has 1 aromatic carbocycles. The van der Waals surface area contributed by atoms with Crippen LogP contribution in [0.1, 0.15) is 54.6 Å². The number of nitrogens with zero attached hydrogens (tertiary/aromatic N) is 1. The van der Waals surface area contributed by atoms with Crippen molar-refractivity contribution >= 4 is 11.8 Å². The molecule has 0 spiro atoms. The molecule has 1 saturated carbocycles. The van der Waals surface area contributed by atoms with E-state index in [1.54, 1.807) is 6.20 Å². The molecule has 3 fully saturated rings. The van der Waals surface area contributed by atoms with E-state index in [4.69, 9.17) is 0 Å². The number of aromatic amines is 1. The first-order valence-electron chi connectivity index (χ1n) is 10.5. The second-order valence-electron chi connectivity index (χ2n) is 8.67. The number of H-pyrrole nitrogens is 1. The van der Waals surface area contributed by atoms with Crippen molar-refractivity contribution in [2.75, 3.05) is 0 Å². The first-order valence-corrected chi connectivity index (χ1v) is 10.5. The van der Waals surface area contributed by atoms with Crippen molar-refractivity contribution < 1.29 is 9.59 Å². The molecule has 5 nitrogen and oxygen atoms in total. The van der Waals surface area contributed by atoms with E-state index in [0.29, 0.717) is 18.2 Å². The first-order chi connectivity index (χ1) is 13.7. The van der Waals surface area contributed by atoms with Crippen molar-refractivity contribution in [2.24, 2.45) is 5.41 Å². The predicted molar refractivity (Wildman–Crippen MR) is 107 cm³/mol. The van der Waals surface area contributed by atoms with Crippen LogP contribution in [0.3, 0.4) is 0 Å². The van der Waals surface area contributed by atoms with Gasteiger partial charge < -0.3 is 15.2 Å². The predicted octanol–water partition coefficient (Wildman–Crippen LogP) is 3.29. The number of benzene rings is 1. The molecule has 2 amide bonds. The Morgan fingerprint density at radius 1 is 1.07 bits per heavy atom. The van der Waals surface area contributed by atoms with Crippen LogP contribution in [0.25, 0.3) is 0 Å². The molecule has 1 aliphatic carbocycles. The van der Waals surface area contributed by atoms with Gasteiger partial charge in [-0.05, 0) is 62.6 Å². The quantitative estimate of drug-likeness (QED) is 0.840. The molecule has 146 valence electrons. The maximum Gasteiger partial charge on any atom is 0.270 e. The smallest absolute Gasteiger partial charge is 0.270 e. The number of hydrogen-bond acceptors (Lipinski definition) is 2. The van der Waals surface area contributed by atoms with Gasteiger partial charge in [-0.2, -0.15) is 0 Å². The van der Waals surface area contributed by atoms with E-state index in [0.717, 1.165) is 32.1 Å². The topological polar surface area (TPSA) is 65.2 Å². The third-order valence-electron chi connectivity index (χ3n) is 7.06. The molecular formula is C23H27N3O2. The zero-order valence-electron chi connectivity index (χ0n) is 16.1. The Hall–Kier alpha value is -2.56. The van der Waals surface area contributed by atoms with Gasteiger partial charge in [-0.25, -0.2) is 0 Å². The Kier molecular flexibility index (Phi) is 4.26. The van der Waals surface area contributed by atoms with Gasteiger partial charge in [0.25, 0.3) is 5.91 Å². The third kappa shape index (κ3) is 2.76.